The van der Waals surface area contributed by atoms with E-state index in [0.29, 0.717) is 12.1 Å². The predicted octanol–water partition coefficient (Wildman–Crippen LogP) is 0.528. The van der Waals surface area contributed by atoms with Gasteiger partial charge in [0.1, 0.15) is 0 Å². The van der Waals surface area contributed by atoms with Gasteiger partial charge in [0.05, 0.1) is 18.4 Å². The summed E-state index contributed by atoms with van der Waals surface area (Å²) in [4.78, 5) is 11.8. The minimum absolute atomic E-state index is 0.365. The average molecular weight is 290 g/mol. The maximum atomic E-state index is 5.99. The highest BCUT2D eigenvalue weighted by Crippen LogP contribution is 2.23. The van der Waals surface area contributed by atoms with Crippen LogP contribution in [0.5, 0.6) is 0 Å². The molecular weight excluding hydrogens is 264 g/mol. The van der Waals surface area contributed by atoms with Crippen LogP contribution >= 0.6 is 0 Å². The van der Waals surface area contributed by atoms with Gasteiger partial charge in [0.25, 0.3) is 0 Å². The van der Waals surface area contributed by atoms with Crippen LogP contribution < -0.4 is 0 Å². The van der Waals surface area contributed by atoms with Gasteiger partial charge in [0, 0.05) is 51.5 Å². The van der Waals surface area contributed by atoms with E-state index in [4.69, 9.17) is 4.74 Å². The van der Waals surface area contributed by atoms with Gasteiger partial charge in [-0.1, -0.05) is 6.07 Å². The van der Waals surface area contributed by atoms with Gasteiger partial charge in [-0.05, 0) is 26.2 Å². The van der Waals surface area contributed by atoms with Crippen LogP contribution in [0.15, 0.2) is 24.4 Å². The molecule has 0 aromatic carbocycles. The molecule has 116 valence electrons. The Labute approximate surface area is 127 Å². The number of fused-ring (bicyclic) bond motifs is 1. The second-order valence-electron chi connectivity index (χ2n) is 6.33. The Morgan fingerprint density at radius 1 is 1.33 bits per heavy atom. The molecule has 5 heteroatoms. The number of morpholine rings is 1. The zero-order valence-corrected chi connectivity index (χ0v) is 13.1. The minimum Gasteiger partial charge on any atom is -0.374 e. The van der Waals surface area contributed by atoms with Gasteiger partial charge in [0.15, 0.2) is 0 Å². The molecule has 3 rings (SSSR count). The van der Waals surface area contributed by atoms with Crippen LogP contribution in [-0.4, -0.2) is 85.3 Å². The third-order valence-corrected chi connectivity index (χ3v) is 4.44. The van der Waals surface area contributed by atoms with Gasteiger partial charge in [-0.25, -0.2) is 0 Å². The van der Waals surface area contributed by atoms with Gasteiger partial charge in [0.2, 0.25) is 0 Å². The lowest BCUT2D eigenvalue weighted by atomic mass is 10.1. The van der Waals surface area contributed by atoms with Crippen molar-refractivity contribution in [2.75, 3.05) is 53.4 Å². The number of ether oxygens (including phenoxy) is 1. The van der Waals surface area contributed by atoms with Crippen molar-refractivity contribution >= 4 is 0 Å². The summed E-state index contributed by atoms with van der Waals surface area (Å²) in [5, 5.41) is 0. The molecule has 0 radical (unpaired) electrons. The van der Waals surface area contributed by atoms with Crippen molar-refractivity contribution in [1.29, 1.82) is 0 Å². The quantitative estimate of drug-likeness (QED) is 0.790. The van der Waals surface area contributed by atoms with Crippen LogP contribution in [0.2, 0.25) is 0 Å². The monoisotopic (exact) mass is 290 g/mol. The maximum Gasteiger partial charge on any atom is 0.0870 e. The molecule has 1 aromatic rings. The van der Waals surface area contributed by atoms with Crippen LogP contribution in [0.3, 0.4) is 0 Å². The lowest BCUT2D eigenvalue weighted by molar-refractivity contribution is -0.0483. The molecular formula is C16H26N4O. The average Bonchev–Trinajstić information content (AvgIpc) is 2.89. The summed E-state index contributed by atoms with van der Waals surface area (Å²) in [7, 11) is 4.28. The molecule has 0 spiro atoms. The number of rotatable bonds is 5. The van der Waals surface area contributed by atoms with E-state index in [1.807, 2.05) is 12.3 Å². The van der Waals surface area contributed by atoms with E-state index < -0.39 is 0 Å². The number of likely N-dealkylation sites (N-methyl/N-ethyl adjacent to an activating group) is 1. The van der Waals surface area contributed by atoms with E-state index in [9.17, 15) is 0 Å². The lowest BCUT2D eigenvalue weighted by Gasteiger charge is -2.37. The van der Waals surface area contributed by atoms with Crippen LogP contribution in [0.4, 0.5) is 0 Å². The van der Waals surface area contributed by atoms with E-state index in [0.717, 1.165) is 51.6 Å². The van der Waals surface area contributed by atoms with Crippen LogP contribution in [0.25, 0.3) is 0 Å². The first kappa shape index (κ1) is 14.9. The van der Waals surface area contributed by atoms with Gasteiger partial charge in [-0.15, -0.1) is 0 Å². The second kappa shape index (κ2) is 6.83. The fourth-order valence-corrected chi connectivity index (χ4v) is 3.29. The molecule has 2 saturated heterocycles. The Bertz CT molecular complexity index is 439. The third kappa shape index (κ3) is 3.80. The van der Waals surface area contributed by atoms with Gasteiger partial charge in [-0.2, -0.15) is 0 Å². The SMILES string of the molecule is CN(C)CCN1CCO[C@@H]2CN(Cc3ccccn3)C[C@@H]21. The van der Waals surface area contributed by atoms with Gasteiger partial charge >= 0.3 is 0 Å². The van der Waals surface area contributed by atoms with Crippen LogP contribution in [-0.2, 0) is 11.3 Å². The number of nitrogens with zero attached hydrogens (tertiary/aromatic N) is 4. The molecule has 3 heterocycles. The molecule has 0 unspecified atom stereocenters. The van der Waals surface area contributed by atoms with Crippen molar-refractivity contribution in [3.63, 3.8) is 0 Å². The van der Waals surface area contributed by atoms with E-state index in [1.54, 1.807) is 0 Å². The largest absolute Gasteiger partial charge is 0.374 e. The molecule has 0 saturated carbocycles. The zero-order valence-electron chi connectivity index (χ0n) is 13.1. The van der Waals surface area contributed by atoms with Gasteiger partial charge < -0.3 is 9.64 Å². The fraction of sp³-hybridized carbons (Fsp3) is 0.688. The summed E-state index contributed by atoms with van der Waals surface area (Å²) in [6, 6.07) is 6.68. The predicted molar refractivity (Wildman–Crippen MR) is 83.2 cm³/mol. The van der Waals surface area contributed by atoms with E-state index in [1.165, 1.54) is 0 Å². The minimum atomic E-state index is 0.365. The molecule has 0 amide bonds. The fourth-order valence-electron chi connectivity index (χ4n) is 3.29. The normalized spacial score (nSPS) is 27.2. The molecule has 0 aliphatic carbocycles. The van der Waals surface area contributed by atoms with Crippen molar-refractivity contribution < 1.29 is 4.74 Å². The smallest absolute Gasteiger partial charge is 0.0870 e. The Morgan fingerprint density at radius 2 is 2.24 bits per heavy atom. The highest BCUT2D eigenvalue weighted by molar-refractivity contribution is 5.05. The van der Waals surface area contributed by atoms with Crippen molar-refractivity contribution in [2.24, 2.45) is 0 Å². The standard InChI is InChI=1S/C16H26N4O/c1-18(2)7-8-20-9-10-21-16-13-19(12-15(16)20)11-14-5-3-4-6-17-14/h3-6,15-16H,7-13H2,1-2H3/t15-,16+/m0/s1. The highest BCUT2D eigenvalue weighted by atomic mass is 16.5. The summed E-state index contributed by atoms with van der Waals surface area (Å²) in [6.07, 6.45) is 2.24. The summed E-state index contributed by atoms with van der Waals surface area (Å²) >= 11 is 0. The number of hydrogen-bond donors (Lipinski definition) is 0. The number of likely N-dealkylation sites (tertiary alicyclic amines) is 1. The number of hydrogen-bond acceptors (Lipinski definition) is 5. The lowest BCUT2D eigenvalue weighted by Crippen LogP contribution is -2.52. The topological polar surface area (TPSA) is 31.8 Å². The number of aromatic nitrogens is 1. The maximum absolute atomic E-state index is 5.99. The van der Waals surface area contributed by atoms with Crippen molar-refractivity contribution in [3.8, 4) is 0 Å². The summed E-state index contributed by atoms with van der Waals surface area (Å²) in [6.45, 7) is 7.23. The summed E-state index contributed by atoms with van der Waals surface area (Å²) in [5.41, 5.74) is 1.15. The van der Waals surface area contributed by atoms with Crippen molar-refractivity contribution in [2.45, 2.75) is 18.7 Å². The molecule has 2 fully saturated rings. The second-order valence-corrected chi connectivity index (χ2v) is 6.33. The van der Waals surface area contributed by atoms with Gasteiger partial charge in [-0.3, -0.25) is 14.8 Å². The Kier molecular flexibility index (Phi) is 4.85. The first-order chi connectivity index (χ1) is 10.2. The highest BCUT2D eigenvalue weighted by Gasteiger charge is 2.39. The first-order valence-corrected chi connectivity index (χ1v) is 7.85. The summed E-state index contributed by atoms with van der Waals surface area (Å²) < 4.78 is 5.99. The molecule has 2 aliphatic heterocycles. The molecule has 1 aromatic heterocycles. The summed E-state index contributed by atoms with van der Waals surface area (Å²) in [5.74, 6) is 0. The first-order valence-electron chi connectivity index (χ1n) is 7.85. The number of pyridine rings is 1. The molecule has 2 aliphatic rings. The molecule has 5 nitrogen and oxygen atoms in total. The molecule has 0 bridgehead atoms. The van der Waals surface area contributed by atoms with E-state index >= 15 is 0 Å². The molecule has 21 heavy (non-hydrogen) atoms. The third-order valence-electron chi connectivity index (χ3n) is 4.44. The van der Waals surface area contributed by atoms with Crippen molar-refractivity contribution in [1.82, 2.24) is 19.7 Å². The Hall–Kier alpha value is -1.01. The zero-order chi connectivity index (χ0) is 14.7. The molecule has 0 N–H and O–H groups in total. The van der Waals surface area contributed by atoms with Crippen LogP contribution in [0.1, 0.15) is 5.69 Å². The molecule has 2 atom stereocenters. The van der Waals surface area contributed by atoms with E-state index in [-0.39, 0.29) is 0 Å². The Morgan fingerprint density at radius 3 is 3.00 bits per heavy atom. The van der Waals surface area contributed by atoms with Crippen molar-refractivity contribution in [3.05, 3.63) is 30.1 Å². The Balaban J connectivity index is 1.57. The van der Waals surface area contributed by atoms with Crippen LogP contribution in [0, 0.1) is 0 Å². The van der Waals surface area contributed by atoms with E-state index in [2.05, 4.69) is 45.9 Å².